The van der Waals surface area contributed by atoms with Gasteiger partial charge in [-0.25, -0.2) is 0 Å². The number of primary amides is 1. The van der Waals surface area contributed by atoms with Crippen molar-refractivity contribution in [3.63, 3.8) is 0 Å². The van der Waals surface area contributed by atoms with E-state index in [2.05, 4.69) is 5.32 Å². The average molecular weight is 363 g/mol. The van der Waals surface area contributed by atoms with Gasteiger partial charge in [0, 0.05) is 30.8 Å². The monoisotopic (exact) mass is 363 g/mol. The Bertz CT molecular complexity index is 669. The van der Waals surface area contributed by atoms with Crippen molar-refractivity contribution in [1.82, 2.24) is 4.90 Å². The number of amides is 3. The van der Waals surface area contributed by atoms with Crippen molar-refractivity contribution in [3.8, 4) is 11.5 Å². The zero-order chi connectivity index (χ0) is 19.1. The normalized spacial score (nSPS) is 14.6. The fourth-order valence-electron chi connectivity index (χ4n) is 2.82. The highest BCUT2D eigenvalue weighted by Crippen LogP contribution is 2.30. The molecule has 1 saturated heterocycles. The second kappa shape index (κ2) is 9.07. The summed E-state index contributed by atoms with van der Waals surface area (Å²) >= 11 is 0. The maximum absolute atomic E-state index is 12.3. The lowest BCUT2D eigenvalue weighted by molar-refractivity contribution is -0.144. The van der Waals surface area contributed by atoms with E-state index in [1.807, 2.05) is 13.8 Å². The third-order valence-electron chi connectivity index (χ3n) is 4.18. The van der Waals surface area contributed by atoms with Crippen LogP contribution in [0.25, 0.3) is 0 Å². The van der Waals surface area contributed by atoms with Crippen LogP contribution in [0.4, 0.5) is 5.69 Å². The Hall–Kier alpha value is -2.77. The quantitative estimate of drug-likeness (QED) is 0.737. The molecule has 1 aromatic carbocycles. The maximum atomic E-state index is 12.3. The Morgan fingerprint density at radius 2 is 1.73 bits per heavy atom. The van der Waals surface area contributed by atoms with E-state index in [0.29, 0.717) is 56.3 Å². The number of hydrogen-bond donors (Lipinski definition) is 2. The van der Waals surface area contributed by atoms with Crippen molar-refractivity contribution in [1.29, 1.82) is 0 Å². The van der Waals surface area contributed by atoms with Gasteiger partial charge in [-0.15, -0.1) is 0 Å². The first-order chi connectivity index (χ1) is 12.5. The molecule has 0 atom stereocenters. The first-order valence-electron chi connectivity index (χ1n) is 8.75. The van der Waals surface area contributed by atoms with Crippen LogP contribution in [-0.2, 0) is 14.4 Å². The first-order valence-corrected chi connectivity index (χ1v) is 8.75. The van der Waals surface area contributed by atoms with Crippen LogP contribution in [0.5, 0.6) is 11.5 Å². The summed E-state index contributed by atoms with van der Waals surface area (Å²) < 4.78 is 11.0. The smallest absolute Gasteiger partial charge is 0.313 e. The minimum atomic E-state index is -0.728. The third-order valence-corrected chi connectivity index (χ3v) is 4.18. The highest BCUT2D eigenvalue weighted by Gasteiger charge is 2.29. The molecule has 0 saturated carbocycles. The molecule has 8 nitrogen and oxygen atoms in total. The highest BCUT2D eigenvalue weighted by atomic mass is 16.5. The van der Waals surface area contributed by atoms with Crippen molar-refractivity contribution in [2.75, 3.05) is 31.6 Å². The van der Waals surface area contributed by atoms with E-state index in [9.17, 15) is 14.4 Å². The Labute approximate surface area is 152 Å². The summed E-state index contributed by atoms with van der Waals surface area (Å²) in [6.07, 6.45) is 0.956. The molecule has 1 heterocycles. The predicted molar refractivity (Wildman–Crippen MR) is 95.9 cm³/mol. The van der Waals surface area contributed by atoms with Gasteiger partial charge in [0.2, 0.25) is 5.91 Å². The third kappa shape index (κ3) is 4.87. The van der Waals surface area contributed by atoms with E-state index in [4.69, 9.17) is 15.2 Å². The second-order valence-electron chi connectivity index (χ2n) is 5.95. The van der Waals surface area contributed by atoms with Gasteiger partial charge in [-0.3, -0.25) is 14.4 Å². The van der Waals surface area contributed by atoms with Gasteiger partial charge >= 0.3 is 11.8 Å². The number of rotatable bonds is 6. The number of carbonyl (C=O) groups excluding carboxylic acids is 3. The van der Waals surface area contributed by atoms with Gasteiger partial charge in [-0.2, -0.15) is 0 Å². The van der Waals surface area contributed by atoms with Crippen LogP contribution in [-0.4, -0.2) is 48.9 Å². The zero-order valence-electron chi connectivity index (χ0n) is 15.1. The van der Waals surface area contributed by atoms with Crippen molar-refractivity contribution in [3.05, 3.63) is 18.2 Å². The van der Waals surface area contributed by atoms with Crippen molar-refractivity contribution in [2.24, 2.45) is 11.7 Å². The van der Waals surface area contributed by atoms with Crippen LogP contribution in [0.2, 0.25) is 0 Å². The summed E-state index contributed by atoms with van der Waals surface area (Å²) in [5, 5.41) is 2.58. The van der Waals surface area contributed by atoms with Crippen LogP contribution < -0.4 is 20.5 Å². The molecule has 1 aliphatic heterocycles. The van der Waals surface area contributed by atoms with Crippen LogP contribution in [0, 0.1) is 5.92 Å². The Morgan fingerprint density at radius 3 is 2.31 bits per heavy atom. The molecule has 1 aliphatic rings. The van der Waals surface area contributed by atoms with Crippen LogP contribution in [0.3, 0.4) is 0 Å². The first kappa shape index (κ1) is 19.6. The molecule has 0 spiro atoms. The summed E-state index contributed by atoms with van der Waals surface area (Å²) in [5.41, 5.74) is 5.73. The molecule has 0 unspecified atom stereocenters. The lowest BCUT2D eigenvalue weighted by atomic mass is 9.96. The minimum Gasteiger partial charge on any atom is -0.490 e. The summed E-state index contributed by atoms with van der Waals surface area (Å²) in [7, 11) is 0. The average Bonchev–Trinajstić information content (AvgIpc) is 2.63. The van der Waals surface area contributed by atoms with E-state index >= 15 is 0 Å². The largest absolute Gasteiger partial charge is 0.490 e. The Morgan fingerprint density at radius 1 is 1.12 bits per heavy atom. The number of nitrogens with zero attached hydrogens (tertiary/aromatic N) is 1. The van der Waals surface area contributed by atoms with E-state index in [1.54, 1.807) is 18.2 Å². The maximum Gasteiger partial charge on any atom is 0.313 e. The summed E-state index contributed by atoms with van der Waals surface area (Å²) in [6.45, 7) is 5.34. The number of anilines is 1. The van der Waals surface area contributed by atoms with Crippen molar-refractivity contribution in [2.45, 2.75) is 26.7 Å². The number of piperidine rings is 1. The van der Waals surface area contributed by atoms with Gasteiger partial charge in [-0.1, -0.05) is 0 Å². The molecule has 3 amide bonds. The number of hydrogen-bond acceptors (Lipinski definition) is 5. The molecule has 1 aromatic rings. The number of nitrogens with one attached hydrogen (secondary N) is 1. The molecule has 8 heteroatoms. The SMILES string of the molecule is CCOc1ccc(NC(=O)C(=O)N2CCC(C(N)=O)CC2)cc1OCC. The lowest BCUT2D eigenvalue weighted by Crippen LogP contribution is -2.46. The standard InChI is InChI=1S/C18H25N3O5/c1-3-25-14-6-5-13(11-15(14)26-4-2)20-17(23)18(24)21-9-7-12(8-10-21)16(19)22/h5-6,11-12H,3-4,7-10H2,1-2H3,(H2,19,22)(H,20,23). The van der Waals surface area contributed by atoms with Gasteiger partial charge in [0.25, 0.3) is 0 Å². The Kier molecular flexibility index (Phi) is 6.82. The van der Waals surface area contributed by atoms with Gasteiger partial charge in [-0.05, 0) is 38.8 Å². The van der Waals surface area contributed by atoms with Gasteiger partial charge < -0.3 is 25.4 Å². The summed E-state index contributed by atoms with van der Waals surface area (Å²) in [4.78, 5) is 37.2. The molecule has 2 rings (SSSR count). The van der Waals surface area contributed by atoms with Crippen molar-refractivity contribution >= 4 is 23.4 Å². The molecule has 26 heavy (non-hydrogen) atoms. The molecule has 0 radical (unpaired) electrons. The van der Waals surface area contributed by atoms with E-state index in [0.717, 1.165) is 0 Å². The summed E-state index contributed by atoms with van der Waals surface area (Å²) in [6, 6.07) is 4.96. The lowest BCUT2D eigenvalue weighted by Gasteiger charge is -2.29. The van der Waals surface area contributed by atoms with E-state index < -0.39 is 11.8 Å². The number of likely N-dealkylation sites (tertiary alicyclic amines) is 1. The van der Waals surface area contributed by atoms with Crippen molar-refractivity contribution < 1.29 is 23.9 Å². The fraction of sp³-hybridized carbons (Fsp3) is 0.500. The Balaban J connectivity index is 1.99. The molecular weight excluding hydrogens is 338 g/mol. The highest BCUT2D eigenvalue weighted by molar-refractivity contribution is 6.39. The molecule has 1 fully saturated rings. The molecule has 142 valence electrons. The molecule has 3 N–H and O–H groups in total. The zero-order valence-corrected chi connectivity index (χ0v) is 15.1. The minimum absolute atomic E-state index is 0.234. The number of ether oxygens (including phenoxy) is 2. The molecule has 0 bridgehead atoms. The molecule has 0 aliphatic carbocycles. The number of benzene rings is 1. The van der Waals surface area contributed by atoms with Crippen LogP contribution in [0.1, 0.15) is 26.7 Å². The van der Waals surface area contributed by atoms with E-state index in [1.165, 1.54) is 4.90 Å². The predicted octanol–water partition coefficient (Wildman–Crippen LogP) is 1.15. The molecular formula is C18H25N3O5. The number of nitrogens with two attached hydrogens (primary N) is 1. The second-order valence-corrected chi connectivity index (χ2v) is 5.95. The number of carbonyl (C=O) groups is 3. The molecule has 0 aromatic heterocycles. The van der Waals surface area contributed by atoms with Gasteiger partial charge in [0.15, 0.2) is 11.5 Å². The fourth-order valence-corrected chi connectivity index (χ4v) is 2.82. The van der Waals surface area contributed by atoms with Crippen LogP contribution in [0.15, 0.2) is 18.2 Å². The van der Waals surface area contributed by atoms with Gasteiger partial charge in [0.1, 0.15) is 0 Å². The van der Waals surface area contributed by atoms with Gasteiger partial charge in [0.05, 0.1) is 13.2 Å². The van der Waals surface area contributed by atoms with E-state index in [-0.39, 0.29) is 11.8 Å². The summed E-state index contributed by atoms with van der Waals surface area (Å²) in [5.74, 6) is -0.871. The topological polar surface area (TPSA) is 111 Å². The van der Waals surface area contributed by atoms with Crippen LogP contribution >= 0.6 is 0 Å².